The minimum atomic E-state index is -3.53. The maximum Gasteiger partial charge on any atom is 0.266 e. The summed E-state index contributed by atoms with van der Waals surface area (Å²) in [6.07, 6.45) is -2.01. The molecule has 0 unspecified atom stereocenters. The molecule has 0 spiro atoms. The third-order valence-corrected chi connectivity index (χ3v) is 3.78. The van der Waals surface area contributed by atoms with Gasteiger partial charge >= 0.3 is 0 Å². The SMILES string of the molecule is CC(C)(NS(C)(=O)=O)c1noc(-c2ccc(F)c(C(F)F)c2)n1. The van der Waals surface area contributed by atoms with Gasteiger partial charge in [-0.1, -0.05) is 5.16 Å². The summed E-state index contributed by atoms with van der Waals surface area (Å²) < 4.78 is 68.7. The van der Waals surface area contributed by atoms with Crippen molar-refractivity contribution in [1.82, 2.24) is 14.9 Å². The molecule has 10 heteroatoms. The number of hydrogen-bond acceptors (Lipinski definition) is 5. The van der Waals surface area contributed by atoms with Crippen LogP contribution in [0.2, 0.25) is 0 Å². The fourth-order valence-electron chi connectivity index (χ4n) is 1.95. The molecule has 1 heterocycles. The van der Waals surface area contributed by atoms with E-state index < -0.39 is 33.4 Å². The van der Waals surface area contributed by atoms with E-state index in [4.69, 9.17) is 4.52 Å². The smallest absolute Gasteiger partial charge is 0.266 e. The summed E-state index contributed by atoms with van der Waals surface area (Å²) in [7, 11) is -3.53. The fraction of sp³-hybridized carbons (Fsp3) is 0.385. The molecule has 0 aliphatic heterocycles. The third-order valence-electron chi connectivity index (χ3n) is 2.90. The number of halogens is 3. The number of rotatable bonds is 5. The van der Waals surface area contributed by atoms with E-state index in [2.05, 4.69) is 14.9 Å². The van der Waals surface area contributed by atoms with Crippen LogP contribution in [0.1, 0.15) is 31.7 Å². The Morgan fingerprint density at radius 3 is 2.52 bits per heavy atom. The van der Waals surface area contributed by atoms with E-state index in [1.807, 2.05) is 0 Å². The molecule has 23 heavy (non-hydrogen) atoms. The van der Waals surface area contributed by atoms with E-state index in [0.717, 1.165) is 18.4 Å². The Hall–Kier alpha value is -1.94. The highest BCUT2D eigenvalue weighted by Crippen LogP contribution is 2.28. The molecule has 0 atom stereocenters. The first-order valence-electron chi connectivity index (χ1n) is 6.41. The second kappa shape index (κ2) is 5.93. The molecule has 0 saturated heterocycles. The Bertz CT molecular complexity index is 819. The van der Waals surface area contributed by atoms with Gasteiger partial charge in [0.2, 0.25) is 10.0 Å². The Morgan fingerprint density at radius 2 is 1.96 bits per heavy atom. The molecule has 0 saturated carbocycles. The van der Waals surface area contributed by atoms with Crippen molar-refractivity contribution in [1.29, 1.82) is 0 Å². The van der Waals surface area contributed by atoms with Crippen LogP contribution < -0.4 is 4.72 Å². The molecular formula is C13H14F3N3O3S. The first-order chi connectivity index (χ1) is 10.5. The monoisotopic (exact) mass is 349 g/mol. The lowest BCUT2D eigenvalue weighted by Crippen LogP contribution is -2.41. The molecule has 1 N–H and O–H groups in total. The highest BCUT2D eigenvalue weighted by atomic mass is 32.2. The average molecular weight is 349 g/mol. The van der Waals surface area contributed by atoms with Crippen LogP contribution in [0, 0.1) is 5.82 Å². The van der Waals surface area contributed by atoms with E-state index in [1.54, 1.807) is 0 Å². The second-order valence-corrected chi connectivity index (χ2v) is 7.21. The van der Waals surface area contributed by atoms with Gasteiger partial charge in [0.05, 0.1) is 17.4 Å². The number of aromatic nitrogens is 2. The van der Waals surface area contributed by atoms with Crippen LogP contribution in [0.25, 0.3) is 11.5 Å². The Labute approximate surface area is 130 Å². The van der Waals surface area contributed by atoms with Crippen molar-refractivity contribution in [2.24, 2.45) is 0 Å². The lowest BCUT2D eigenvalue weighted by Gasteiger charge is -2.20. The quantitative estimate of drug-likeness (QED) is 0.897. The van der Waals surface area contributed by atoms with Gasteiger partial charge in [-0.05, 0) is 32.0 Å². The van der Waals surface area contributed by atoms with Gasteiger partial charge in [0.15, 0.2) is 5.82 Å². The topological polar surface area (TPSA) is 85.1 Å². The third kappa shape index (κ3) is 4.08. The molecule has 1 aromatic carbocycles. The number of hydrogen-bond donors (Lipinski definition) is 1. The van der Waals surface area contributed by atoms with Crippen molar-refractivity contribution in [3.8, 4) is 11.5 Å². The summed E-state index contributed by atoms with van der Waals surface area (Å²) in [5, 5.41) is 3.65. The van der Waals surface area contributed by atoms with Crippen LogP contribution in [0.15, 0.2) is 22.7 Å². The molecule has 2 rings (SSSR count). The Kier molecular flexibility index (Phi) is 4.49. The molecule has 126 valence electrons. The summed E-state index contributed by atoms with van der Waals surface area (Å²) in [5.41, 5.74) is -1.84. The molecule has 6 nitrogen and oxygen atoms in total. The van der Waals surface area contributed by atoms with Gasteiger partial charge in [-0.25, -0.2) is 26.3 Å². The zero-order valence-electron chi connectivity index (χ0n) is 12.5. The van der Waals surface area contributed by atoms with Crippen molar-refractivity contribution in [2.45, 2.75) is 25.8 Å². The molecule has 0 radical (unpaired) electrons. The molecule has 0 amide bonds. The van der Waals surface area contributed by atoms with Crippen LogP contribution in [0.4, 0.5) is 13.2 Å². The minimum Gasteiger partial charge on any atom is -0.334 e. The lowest BCUT2D eigenvalue weighted by atomic mass is 10.1. The largest absolute Gasteiger partial charge is 0.334 e. The number of nitrogens with zero attached hydrogens (tertiary/aromatic N) is 2. The fourth-order valence-corrected chi connectivity index (χ4v) is 2.97. The number of alkyl halides is 2. The molecule has 0 aliphatic carbocycles. The normalized spacial score (nSPS) is 12.8. The number of nitrogens with one attached hydrogen (secondary N) is 1. The van der Waals surface area contributed by atoms with E-state index in [1.165, 1.54) is 19.9 Å². The van der Waals surface area contributed by atoms with Crippen molar-refractivity contribution in [3.05, 3.63) is 35.4 Å². The van der Waals surface area contributed by atoms with Gasteiger partial charge in [0.1, 0.15) is 5.82 Å². The number of benzene rings is 1. The van der Waals surface area contributed by atoms with Crippen molar-refractivity contribution < 1.29 is 26.1 Å². The first kappa shape index (κ1) is 17.4. The molecule has 2 aromatic rings. The van der Waals surface area contributed by atoms with Gasteiger partial charge in [0.25, 0.3) is 12.3 Å². The van der Waals surface area contributed by atoms with Gasteiger partial charge in [-0.2, -0.15) is 4.98 Å². The Balaban J connectivity index is 2.38. The molecule has 0 fully saturated rings. The van der Waals surface area contributed by atoms with Crippen LogP contribution >= 0.6 is 0 Å². The summed E-state index contributed by atoms with van der Waals surface area (Å²) >= 11 is 0. The lowest BCUT2D eigenvalue weighted by molar-refractivity contribution is 0.146. The predicted octanol–water partition coefficient (Wildman–Crippen LogP) is 2.60. The maximum atomic E-state index is 13.3. The van der Waals surface area contributed by atoms with Crippen LogP contribution in [-0.2, 0) is 15.6 Å². The number of sulfonamides is 1. The highest BCUT2D eigenvalue weighted by Gasteiger charge is 2.30. The summed E-state index contributed by atoms with van der Waals surface area (Å²) in [5.74, 6) is -1.14. The van der Waals surface area contributed by atoms with E-state index in [0.29, 0.717) is 0 Å². The first-order valence-corrected chi connectivity index (χ1v) is 8.30. The van der Waals surface area contributed by atoms with E-state index >= 15 is 0 Å². The van der Waals surface area contributed by atoms with Gasteiger partial charge in [0, 0.05) is 5.56 Å². The van der Waals surface area contributed by atoms with Gasteiger partial charge in [-0.15, -0.1) is 0 Å². The van der Waals surface area contributed by atoms with Gasteiger partial charge in [-0.3, -0.25) is 0 Å². The van der Waals surface area contributed by atoms with Crippen molar-refractivity contribution in [2.75, 3.05) is 6.26 Å². The summed E-state index contributed by atoms with van der Waals surface area (Å²) in [6, 6.07) is 3.00. The highest BCUT2D eigenvalue weighted by molar-refractivity contribution is 7.88. The standard InChI is InChI=1S/C13H14F3N3O3S/c1-13(2,19-23(3,20)21)12-17-11(22-18-12)7-4-5-9(14)8(6-7)10(15)16/h4-6,10,19H,1-3H3. The second-order valence-electron chi connectivity index (χ2n) is 5.46. The zero-order chi connectivity index (χ0) is 17.4. The summed E-state index contributed by atoms with van der Waals surface area (Å²) in [4.78, 5) is 3.99. The summed E-state index contributed by atoms with van der Waals surface area (Å²) in [6.45, 7) is 3.02. The van der Waals surface area contributed by atoms with Crippen LogP contribution in [-0.4, -0.2) is 24.8 Å². The van der Waals surface area contributed by atoms with E-state index in [-0.39, 0.29) is 17.3 Å². The molecular weight excluding hydrogens is 335 g/mol. The Morgan fingerprint density at radius 1 is 1.30 bits per heavy atom. The maximum absolute atomic E-state index is 13.3. The molecule has 0 bridgehead atoms. The average Bonchev–Trinajstić information content (AvgIpc) is 2.86. The predicted molar refractivity (Wildman–Crippen MR) is 75.7 cm³/mol. The molecule has 1 aromatic heterocycles. The zero-order valence-corrected chi connectivity index (χ0v) is 13.3. The molecule has 0 aliphatic rings. The minimum absolute atomic E-state index is 0.0147. The van der Waals surface area contributed by atoms with Gasteiger partial charge < -0.3 is 4.52 Å². The van der Waals surface area contributed by atoms with E-state index in [9.17, 15) is 21.6 Å². The van der Waals surface area contributed by atoms with Crippen molar-refractivity contribution >= 4 is 10.0 Å². The van der Waals surface area contributed by atoms with Crippen LogP contribution in [0.3, 0.4) is 0 Å². The van der Waals surface area contributed by atoms with Crippen LogP contribution in [0.5, 0.6) is 0 Å². The van der Waals surface area contributed by atoms with Crippen molar-refractivity contribution in [3.63, 3.8) is 0 Å².